The van der Waals surface area contributed by atoms with Gasteiger partial charge in [-0.05, 0) is 64.5 Å². The Hall–Kier alpha value is -2.32. The molecule has 0 unspecified atom stereocenters. The number of rotatable bonds is 7. The SMILES string of the molecule is CCNC(=NCCCc1nn(-c2ccc(C)cc2)c(N)c1C#N)NC1CCC(O)CC1.I. The molecule has 2 aromatic rings. The lowest BCUT2D eigenvalue weighted by molar-refractivity contribution is 0.120. The van der Waals surface area contributed by atoms with Gasteiger partial charge in [0.2, 0.25) is 0 Å². The van der Waals surface area contributed by atoms with E-state index < -0.39 is 0 Å². The third-order valence-electron chi connectivity index (χ3n) is 5.61. The molecule has 0 saturated heterocycles. The Labute approximate surface area is 207 Å². The van der Waals surface area contributed by atoms with Gasteiger partial charge in [-0.3, -0.25) is 4.99 Å². The maximum Gasteiger partial charge on any atom is 0.191 e. The molecule has 0 radical (unpaired) electrons. The molecule has 1 aromatic carbocycles. The highest BCUT2D eigenvalue weighted by Crippen LogP contribution is 2.22. The van der Waals surface area contributed by atoms with Crippen LogP contribution in [0.5, 0.6) is 0 Å². The van der Waals surface area contributed by atoms with E-state index in [1.54, 1.807) is 4.68 Å². The van der Waals surface area contributed by atoms with Crippen LogP contribution in [0.2, 0.25) is 0 Å². The van der Waals surface area contributed by atoms with E-state index in [4.69, 9.17) is 5.73 Å². The van der Waals surface area contributed by atoms with E-state index in [2.05, 4.69) is 26.8 Å². The number of aliphatic hydroxyl groups is 1. The summed E-state index contributed by atoms with van der Waals surface area (Å²) < 4.78 is 1.64. The van der Waals surface area contributed by atoms with Crippen molar-refractivity contribution in [2.75, 3.05) is 18.8 Å². The molecule has 1 heterocycles. The van der Waals surface area contributed by atoms with Gasteiger partial charge in [-0.25, -0.2) is 4.68 Å². The van der Waals surface area contributed by atoms with E-state index in [0.29, 0.717) is 36.1 Å². The average Bonchev–Trinajstić information content (AvgIpc) is 3.08. The first-order valence-electron chi connectivity index (χ1n) is 11.1. The lowest BCUT2D eigenvalue weighted by Crippen LogP contribution is -2.45. The number of nitrogens with zero attached hydrogens (tertiary/aromatic N) is 4. The minimum atomic E-state index is -0.168. The van der Waals surface area contributed by atoms with Gasteiger partial charge in [0.1, 0.15) is 17.5 Å². The third-order valence-corrected chi connectivity index (χ3v) is 5.61. The van der Waals surface area contributed by atoms with Crippen molar-refractivity contribution in [3.63, 3.8) is 0 Å². The Balaban J connectivity index is 0.00000363. The quantitative estimate of drug-likeness (QED) is 0.182. The number of aromatic nitrogens is 2. The van der Waals surface area contributed by atoms with Crippen LogP contribution in [-0.2, 0) is 6.42 Å². The summed E-state index contributed by atoms with van der Waals surface area (Å²) in [5.41, 5.74) is 9.35. The van der Waals surface area contributed by atoms with Crippen molar-refractivity contribution in [3.8, 4) is 11.8 Å². The number of nitrogens with two attached hydrogens (primary N) is 1. The zero-order valence-electron chi connectivity index (χ0n) is 18.8. The van der Waals surface area contributed by atoms with Gasteiger partial charge in [-0.2, -0.15) is 10.4 Å². The van der Waals surface area contributed by atoms with E-state index in [0.717, 1.165) is 55.9 Å². The Morgan fingerprint density at radius 2 is 1.97 bits per heavy atom. The maximum atomic E-state index is 9.68. The highest BCUT2D eigenvalue weighted by Gasteiger charge is 2.20. The summed E-state index contributed by atoms with van der Waals surface area (Å²) >= 11 is 0. The van der Waals surface area contributed by atoms with Gasteiger partial charge in [-0.1, -0.05) is 17.7 Å². The van der Waals surface area contributed by atoms with Crippen LogP contribution in [0.3, 0.4) is 0 Å². The van der Waals surface area contributed by atoms with Crippen molar-refractivity contribution < 1.29 is 5.11 Å². The van der Waals surface area contributed by atoms with Crippen LogP contribution in [0.1, 0.15) is 55.8 Å². The molecule has 0 atom stereocenters. The van der Waals surface area contributed by atoms with Gasteiger partial charge in [-0.15, -0.1) is 24.0 Å². The molecular formula is C23H34IN7O. The molecule has 1 aliphatic rings. The lowest BCUT2D eigenvalue weighted by Gasteiger charge is -2.27. The molecule has 174 valence electrons. The Bertz CT molecular complexity index is 925. The van der Waals surface area contributed by atoms with Crippen LogP contribution >= 0.6 is 24.0 Å². The molecule has 1 fully saturated rings. The summed E-state index contributed by atoms with van der Waals surface area (Å²) in [7, 11) is 0. The fourth-order valence-electron chi connectivity index (χ4n) is 3.83. The summed E-state index contributed by atoms with van der Waals surface area (Å²) in [5.74, 6) is 1.17. The van der Waals surface area contributed by atoms with Gasteiger partial charge < -0.3 is 21.5 Å². The van der Waals surface area contributed by atoms with Crippen molar-refractivity contribution in [2.45, 2.75) is 64.5 Å². The molecule has 1 aliphatic carbocycles. The fraction of sp³-hybridized carbons (Fsp3) is 0.522. The number of nitrogens with one attached hydrogen (secondary N) is 2. The summed E-state index contributed by atoms with van der Waals surface area (Å²) in [6, 6.07) is 10.4. The molecule has 5 N–H and O–H groups in total. The zero-order chi connectivity index (χ0) is 22.2. The largest absolute Gasteiger partial charge is 0.393 e. The van der Waals surface area contributed by atoms with Crippen LogP contribution in [-0.4, -0.2) is 46.1 Å². The molecule has 0 spiro atoms. The number of aliphatic imine (C=N–C) groups is 1. The van der Waals surface area contributed by atoms with Crippen LogP contribution in [0, 0.1) is 18.3 Å². The Kier molecular flexibility index (Phi) is 10.3. The van der Waals surface area contributed by atoms with Crippen molar-refractivity contribution in [1.29, 1.82) is 5.26 Å². The molecule has 3 rings (SSSR count). The standard InChI is InChI=1S/C23H33N7O.HI/c1-3-26-23(28-17-8-12-19(31)13-9-17)27-14-4-5-21-20(15-24)22(25)30(29-21)18-10-6-16(2)7-11-18;/h6-7,10-11,17,19,31H,3-5,8-9,12-14,25H2,1-2H3,(H2,26,27,28);1H. The lowest BCUT2D eigenvalue weighted by atomic mass is 9.93. The highest BCUT2D eigenvalue weighted by atomic mass is 127. The summed E-state index contributed by atoms with van der Waals surface area (Å²) in [6.07, 6.45) is 4.79. The van der Waals surface area contributed by atoms with Gasteiger partial charge in [0.05, 0.1) is 17.5 Å². The van der Waals surface area contributed by atoms with Crippen molar-refractivity contribution in [2.24, 2.45) is 4.99 Å². The first kappa shape index (κ1) is 25.9. The average molecular weight is 551 g/mol. The van der Waals surface area contributed by atoms with Crippen LogP contribution in [0.25, 0.3) is 5.69 Å². The smallest absolute Gasteiger partial charge is 0.191 e. The van der Waals surface area contributed by atoms with Crippen molar-refractivity contribution in [1.82, 2.24) is 20.4 Å². The van der Waals surface area contributed by atoms with Gasteiger partial charge in [0.15, 0.2) is 5.96 Å². The molecule has 32 heavy (non-hydrogen) atoms. The molecule has 0 aliphatic heterocycles. The molecule has 0 bridgehead atoms. The third kappa shape index (κ3) is 6.84. The van der Waals surface area contributed by atoms with Crippen molar-refractivity contribution >= 4 is 35.8 Å². The van der Waals surface area contributed by atoms with Gasteiger partial charge >= 0.3 is 0 Å². The number of halogens is 1. The number of benzene rings is 1. The van der Waals surface area contributed by atoms with Gasteiger partial charge in [0.25, 0.3) is 0 Å². The van der Waals surface area contributed by atoms with Gasteiger partial charge in [0, 0.05) is 19.1 Å². The van der Waals surface area contributed by atoms with E-state index in [1.165, 1.54) is 0 Å². The van der Waals surface area contributed by atoms with E-state index in [-0.39, 0.29) is 30.1 Å². The van der Waals surface area contributed by atoms with E-state index in [9.17, 15) is 10.4 Å². The summed E-state index contributed by atoms with van der Waals surface area (Å²) in [4.78, 5) is 4.68. The van der Waals surface area contributed by atoms with Crippen molar-refractivity contribution in [3.05, 3.63) is 41.1 Å². The fourth-order valence-corrected chi connectivity index (χ4v) is 3.83. The predicted octanol–water partition coefficient (Wildman–Crippen LogP) is 3.04. The second-order valence-corrected chi connectivity index (χ2v) is 8.08. The number of nitrogen functional groups attached to an aromatic ring is 1. The Morgan fingerprint density at radius 1 is 1.28 bits per heavy atom. The number of aliphatic hydroxyl groups excluding tert-OH is 1. The normalized spacial score (nSPS) is 18.5. The topological polar surface area (TPSA) is 124 Å². The number of guanidine groups is 1. The summed E-state index contributed by atoms with van der Waals surface area (Å²) in [5, 5.41) is 30.6. The predicted molar refractivity (Wildman–Crippen MR) is 139 cm³/mol. The number of aryl methyl sites for hydroxylation is 2. The monoisotopic (exact) mass is 551 g/mol. The molecule has 9 heteroatoms. The molecule has 1 aromatic heterocycles. The number of anilines is 1. The van der Waals surface area contributed by atoms with Crippen LogP contribution < -0.4 is 16.4 Å². The highest BCUT2D eigenvalue weighted by molar-refractivity contribution is 14.0. The van der Waals surface area contributed by atoms with Crippen LogP contribution in [0.4, 0.5) is 5.82 Å². The Morgan fingerprint density at radius 3 is 2.59 bits per heavy atom. The summed E-state index contributed by atoms with van der Waals surface area (Å²) in [6.45, 7) is 5.47. The minimum Gasteiger partial charge on any atom is -0.393 e. The molecule has 0 amide bonds. The van der Waals surface area contributed by atoms with E-state index in [1.807, 2.05) is 38.1 Å². The van der Waals surface area contributed by atoms with E-state index >= 15 is 0 Å². The number of nitriles is 1. The maximum absolute atomic E-state index is 9.68. The number of hydrogen-bond acceptors (Lipinski definition) is 5. The molecular weight excluding hydrogens is 517 g/mol. The minimum absolute atomic E-state index is 0. The van der Waals surface area contributed by atoms with Crippen LogP contribution in [0.15, 0.2) is 29.3 Å². The second kappa shape index (κ2) is 12.6. The number of hydrogen-bond donors (Lipinski definition) is 4. The first-order valence-corrected chi connectivity index (χ1v) is 11.1. The molecule has 1 saturated carbocycles. The first-order chi connectivity index (χ1) is 15.0. The second-order valence-electron chi connectivity index (χ2n) is 8.08. The molecule has 8 nitrogen and oxygen atoms in total. The zero-order valence-corrected chi connectivity index (χ0v) is 21.2.